The van der Waals surface area contributed by atoms with Gasteiger partial charge >= 0.3 is 5.97 Å². The fraction of sp³-hybridized carbons (Fsp3) is 0.867. The van der Waals surface area contributed by atoms with Crippen molar-refractivity contribution in [2.45, 2.75) is 64.1 Å². The number of rotatable bonds is 3. The highest BCUT2D eigenvalue weighted by Crippen LogP contribution is 2.65. The predicted octanol–water partition coefficient (Wildman–Crippen LogP) is 2.25. The Kier molecular flexibility index (Phi) is 2.97. The SMILES string of the molecule is CC(=O)OCC[C@H]1CC[C@@H]2O[C@@]23CCCC(=O)[C@@]13C. The normalized spacial score (nSPS) is 44.2. The van der Waals surface area contributed by atoms with Crippen LogP contribution in [-0.4, -0.2) is 30.1 Å². The third-order valence-corrected chi connectivity index (χ3v) is 5.59. The van der Waals surface area contributed by atoms with Gasteiger partial charge in [-0.2, -0.15) is 0 Å². The fourth-order valence-corrected chi connectivity index (χ4v) is 4.45. The Morgan fingerprint density at radius 1 is 1.47 bits per heavy atom. The molecule has 1 spiro atoms. The molecule has 2 aliphatic carbocycles. The molecule has 4 heteroatoms. The van der Waals surface area contributed by atoms with Crippen LogP contribution in [0.25, 0.3) is 0 Å². The number of hydrogen-bond donors (Lipinski definition) is 0. The molecule has 19 heavy (non-hydrogen) atoms. The molecule has 2 saturated carbocycles. The smallest absolute Gasteiger partial charge is 0.302 e. The molecule has 3 fully saturated rings. The monoisotopic (exact) mass is 266 g/mol. The summed E-state index contributed by atoms with van der Waals surface area (Å²) >= 11 is 0. The van der Waals surface area contributed by atoms with E-state index in [4.69, 9.17) is 9.47 Å². The molecule has 0 aromatic rings. The van der Waals surface area contributed by atoms with Crippen LogP contribution in [0, 0.1) is 11.3 Å². The summed E-state index contributed by atoms with van der Waals surface area (Å²) in [6, 6.07) is 0. The van der Waals surface area contributed by atoms with Gasteiger partial charge in [0, 0.05) is 13.3 Å². The van der Waals surface area contributed by atoms with E-state index in [-0.39, 0.29) is 17.0 Å². The van der Waals surface area contributed by atoms with Gasteiger partial charge in [0.2, 0.25) is 0 Å². The van der Waals surface area contributed by atoms with Crippen LogP contribution in [0.5, 0.6) is 0 Å². The lowest BCUT2D eigenvalue weighted by atomic mass is 9.54. The number of ether oxygens (including phenoxy) is 2. The molecule has 1 saturated heterocycles. The lowest BCUT2D eigenvalue weighted by molar-refractivity contribution is -0.145. The highest BCUT2D eigenvalue weighted by Gasteiger charge is 2.73. The van der Waals surface area contributed by atoms with Crippen molar-refractivity contribution in [1.29, 1.82) is 0 Å². The largest absolute Gasteiger partial charge is 0.466 e. The van der Waals surface area contributed by atoms with Crippen molar-refractivity contribution in [2.75, 3.05) is 6.61 Å². The molecule has 0 unspecified atom stereocenters. The van der Waals surface area contributed by atoms with Crippen molar-refractivity contribution in [1.82, 2.24) is 0 Å². The first-order chi connectivity index (χ1) is 9.00. The predicted molar refractivity (Wildman–Crippen MR) is 68.5 cm³/mol. The number of Topliss-reactive ketones (excluding diaryl/α,β-unsaturated/α-hetero) is 1. The molecule has 4 nitrogen and oxygen atoms in total. The standard InChI is InChI=1S/C15H22O4/c1-10(16)18-9-7-11-5-6-13-15(19-13)8-3-4-12(17)14(11,15)2/h11,13H,3-9H2,1-2H3/t11-,13+,14-,15+/m1/s1. The van der Waals surface area contributed by atoms with Gasteiger partial charge in [-0.05, 0) is 44.9 Å². The Balaban J connectivity index is 1.76. The maximum Gasteiger partial charge on any atom is 0.302 e. The van der Waals surface area contributed by atoms with E-state index in [2.05, 4.69) is 6.92 Å². The first-order valence-electron chi connectivity index (χ1n) is 7.35. The zero-order valence-corrected chi connectivity index (χ0v) is 11.7. The number of ketones is 1. The lowest BCUT2D eigenvalue weighted by Gasteiger charge is -2.47. The summed E-state index contributed by atoms with van der Waals surface area (Å²) in [6.07, 6.45) is 5.79. The second kappa shape index (κ2) is 4.30. The Morgan fingerprint density at radius 3 is 3.00 bits per heavy atom. The molecule has 0 radical (unpaired) electrons. The topological polar surface area (TPSA) is 55.9 Å². The van der Waals surface area contributed by atoms with E-state index in [9.17, 15) is 9.59 Å². The van der Waals surface area contributed by atoms with Gasteiger partial charge in [0.1, 0.15) is 11.4 Å². The van der Waals surface area contributed by atoms with Crippen molar-refractivity contribution < 1.29 is 19.1 Å². The van der Waals surface area contributed by atoms with Crippen LogP contribution in [0.15, 0.2) is 0 Å². The Hall–Kier alpha value is -0.900. The van der Waals surface area contributed by atoms with Gasteiger partial charge in [0.05, 0.1) is 18.1 Å². The van der Waals surface area contributed by atoms with E-state index < -0.39 is 0 Å². The van der Waals surface area contributed by atoms with Crippen LogP contribution < -0.4 is 0 Å². The van der Waals surface area contributed by atoms with Gasteiger partial charge < -0.3 is 9.47 Å². The Labute approximate surface area is 113 Å². The molecule has 1 heterocycles. The molecule has 0 amide bonds. The first-order valence-corrected chi connectivity index (χ1v) is 7.35. The molecular weight excluding hydrogens is 244 g/mol. The van der Waals surface area contributed by atoms with Gasteiger partial charge in [-0.3, -0.25) is 9.59 Å². The average Bonchev–Trinajstić information content (AvgIpc) is 3.06. The molecule has 0 bridgehead atoms. The molecule has 3 aliphatic rings. The maximum absolute atomic E-state index is 12.5. The van der Waals surface area contributed by atoms with Crippen molar-refractivity contribution in [3.63, 3.8) is 0 Å². The van der Waals surface area contributed by atoms with Crippen LogP contribution in [0.2, 0.25) is 0 Å². The van der Waals surface area contributed by atoms with Crippen LogP contribution in [-0.2, 0) is 19.1 Å². The summed E-state index contributed by atoms with van der Waals surface area (Å²) in [6.45, 7) is 3.94. The van der Waals surface area contributed by atoms with Gasteiger partial charge in [-0.15, -0.1) is 0 Å². The minimum Gasteiger partial charge on any atom is -0.466 e. The minimum atomic E-state index is -0.353. The van der Waals surface area contributed by atoms with Crippen LogP contribution in [0.1, 0.15) is 52.4 Å². The number of hydrogen-bond acceptors (Lipinski definition) is 4. The van der Waals surface area contributed by atoms with Gasteiger partial charge in [0.15, 0.2) is 0 Å². The number of carbonyl (C=O) groups excluding carboxylic acids is 2. The van der Waals surface area contributed by atoms with E-state index in [1.807, 2.05) is 0 Å². The quantitative estimate of drug-likeness (QED) is 0.580. The van der Waals surface area contributed by atoms with E-state index in [0.717, 1.165) is 32.1 Å². The van der Waals surface area contributed by atoms with Crippen molar-refractivity contribution in [3.8, 4) is 0 Å². The highest BCUT2D eigenvalue weighted by atomic mass is 16.6. The van der Waals surface area contributed by atoms with Crippen molar-refractivity contribution in [2.24, 2.45) is 11.3 Å². The molecule has 106 valence electrons. The third kappa shape index (κ3) is 1.76. The zero-order valence-electron chi connectivity index (χ0n) is 11.7. The average molecular weight is 266 g/mol. The van der Waals surface area contributed by atoms with Crippen molar-refractivity contribution >= 4 is 11.8 Å². The Bertz CT molecular complexity index is 418. The molecule has 1 aliphatic heterocycles. The first kappa shape index (κ1) is 13.1. The molecular formula is C15H22O4. The molecule has 0 aromatic heterocycles. The van der Waals surface area contributed by atoms with Gasteiger partial charge in [0.25, 0.3) is 0 Å². The maximum atomic E-state index is 12.5. The van der Waals surface area contributed by atoms with E-state index in [1.54, 1.807) is 0 Å². The number of carbonyl (C=O) groups is 2. The van der Waals surface area contributed by atoms with Crippen LogP contribution in [0.3, 0.4) is 0 Å². The summed E-state index contributed by atoms with van der Waals surface area (Å²) < 4.78 is 11.0. The summed E-state index contributed by atoms with van der Waals surface area (Å²) in [4.78, 5) is 23.4. The van der Waals surface area contributed by atoms with Crippen molar-refractivity contribution in [3.05, 3.63) is 0 Å². The Morgan fingerprint density at radius 2 is 2.26 bits per heavy atom. The summed E-state index contributed by atoms with van der Waals surface area (Å²) in [7, 11) is 0. The molecule has 0 N–H and O–H groups in total. The zero-order chi connectivity index (χ0) is 13.7. The van der Waals surface area contributed by atoms with E-state index >= 15 is 0 Å². The van der Waals surface area contributed by atoms with Gasteiger partial charge in [-0.25, -0.2) is 0 Å². The molecule has 3 rings (SSSR count). The van der Waals surface area contributed by atoms with E-state index in [1.165, 1.54) is 6.92 Å². The number of esters is 1. The third-order valence-electron chi connectivity index (χ3n) is 5.59. The lowest BCUT2D eigenvalue weighted by Crippen LogP contribution is -2.54. The highest BCUT2D eigenvalue weighted by molar-refractivity contribution is 5.88. The summed E-state index contributed by atoms with van der Waals surface area (Å²) in [5.74, 6) is 0.401. The van der Waals surface area contributed by atoms with Crippen LogP contribution >= 0.6 is 0 Å². The summed E-state index contributed by atoms with van der Waals surface area (Å²) in [5, 5.41) is 0. The molecule has 0 aromatic carbocycles. The second-order valence-electron chi connectivity index (χ2n) is 6.38. The minimum absolute atomic E-state index is 0.179. The van der Waals surface area contributed by atoms with Crippen LogP contribution in [0.4, 0.5) is 0 Å². The van der Waals surface area contributed by atoms with Gasteiger partial charge in [-0.1, -0.05) is 0 Å². The summed E-state index contributed by atoms with van der Waals surface area (Å²) in [5.41, 5.74) is -0.532. The van der Waals surface area contributed by atoms with E-state index in [0.29, 0.717) is 30.8 Å². The fourth-order valence-electron chi connectivity index (χ4n) is 4.45. The number of epoxide rings is 1. The molecule has 4 atom stereocenters. The second-order valence-corrected chi connectivity index (χ2v) is 6.38.